The van der Waals surface area contributed by atoms with Gasteiger partial charge < -0.3 is 15.3 Å². The normalized spacial score (nSPS) is 16.5. The van der Waals surface area contributed by atoms with Gasteiger partial charge in [0.25, 0.3) is 0 Å². The van der Waals surface area contributed by atoms with E-state index in [4.69, 9.17) is 5.11 Å². The van der Waals surface area contributed by atoms with Crippen molar-refractivity contribution in [3.63, 3.8) is 0 Å². The summed E-state index contributed by atoms with van der Waals surface area (Å²) >= 11 is 0. The third-order valence-corrected chi connectivity index (χ3v) is 4.45. The predicted octanol–water partition coefficient (Wildman–Crippen LogP) is 3.35. The van der Waals surface area contributed by atoms with E-state index in [0.717, 1.165) is 22.5 Å². The highest BCUT2D eigenvalue weighted by Crippen LogP contribution is 2.35. The first kappa shape index (κ1) is 16.1. The Balaban J connectivity index is 1.96. The second-order valence-corrected chi connectivity index (χ2v) is 6.25. The van der Waals surface area contributed by atoms with Gasteiger partial charge in [-0.15, -0.1) is 0 Å². The number of benzene rings is 2. The Morgan fingerprint density at radius 3 is 2.42 bits per heavy atom. The molecule has 0 saturated carbocycles. The number of rotatable bonds is 3. The number of carbonyl (C=O) groups is 2. The number of carboxylic acids is 1. The number of amides is 1. The smallest absolute Gasteiger partial charge is 0.335 e. The molecule has 1 aliphatic heterocycles. The average Bonchev–Trinajstić information content (AvgIpc) is 2.54. The molecule has 5 nitrogen and oxygen atoms in total. The van der Waals surface area contributed by atoms with Crippen molar-refractivity contribution in [1.29, 1.82) is 0 Å². The number of hydrogen-bond acceptors (Lipinski definition) is 3. The highest BCUT2D eigenvalue weighted by Gasteiger charge is 2.30. The number of nitrogens with zero attached hydrogens (tertiary/aromatic N) is 1. The van der Waals surface area contributed by atoms with Crippen LogP contribution in [0.1, 0.15) is 34.0 Å². The number of carboxylic acid groups (broad SMARTS) is 1. The lowest BCUT2D eigenvalue weighted by Crippen LogP contribution is -2.45. The molecule has 0 fully saturated rings. The summed E-state index contributed by atoms with van der Waals surface area (Å²) in [6.45, 7) is 6.34. The van der Waals surface area contributed by atoms with Crippen molar-refractivity contribution in [3.8, 4) is 0 Å². The molecular weight excluding hydrogens is 304 g/mol. The first-order chi connectivity index (χ1) is 11.4. The molecule has 2 aromatic carbocycles. The maximum Gasteiger partial charge on any atom is 0.335 e. The minimum Gasteiger partial charge on any atom is -0.478 e. The van der Waals surface area contributed by atoms with Crippen LogP contribution in [0.5, 0.6) is 0 Å². The summed E-state index contributed by atoms with van der Waals surface area (Å²) in [7, 11) is 0. The van der Waals surface area contributed by atoms with E-state index in [1.54, 1.807) is 29.2 Å². The van der Waals surface area contributed by atoms with Gasteiger partial charge in [-0.3, -0.25) is 4.79 Å². The van der Waals surface area contributed by atoms with Crippen LogP contribution >= 0.6 is 0 Å². The summed E-state index contributed by atoms with van der Waals surface area (Å²) in [5, 5.41) is 12.2. The molecule has 0 aliphatic carbocycles. The summed E-state index contributed by atoms with van der Waals surface area (Å²) in [5.74, 6) is -0.946. The number of carbonyl (C=O) groups excluding carboxylic acids is 1. The van der Waals surface area contributed by atoms with Crippen molar-refractivity contribution in [2.75, 3.05) is 10.2 Å². The van der Waals surface area contributed by atoms with Crippen LogP contribution in [0.3, 0.4) is 0 Å². The van der Waals surface area contributed by atoms with E-state index in [1.807, 2.05) is 26.8 Å². The average molecular weight is 324 g/mol. The van der Waals surface area contributed by atoms with Gasteiger partial charge in [-0.1, -0.05) is 12.1 Å². The molecule has 124 valence electrons. The molecule has 1 unspecified atom stereocenters. The molecule has 0 saturated heterocycles. The minimum absolute atomic E-state index is 0.00747. The summed E-state index contributed by atoms with van der Waals surface area (Å²) in [4.78, 5) is 25.4. The van der Waals surface area contributed by atoms with Crippen molar-refractivity contribution in [2.45, 2.75) is 33.4 Å². The SMILES string of the molecule is Cc1cc2c(cc1C)N(Cc1ccc(C(=O)O)cc1)C(=O)C(C)N2. The zero-order chi connectivity index (χ0) is 17.4. The van der Waals surface area contributed by atoms with Gasteiger partial charge in [-0.05, 0) is 61.7 Å². The van der Waals surface area contributed by atoms with Crippen molar-refractivity contribution in [3.05, 3.63) is 58.7 Å². The zero-order valence-electron chi connectivity index (χ0n) is 14.0. The van der Waals surface area contributed by atoms with Crippen LogP contribution in [0.4, 0.5) is 11.4 Å². The van der Waals surface area contributed by atoms with Crippen molar-refractivity contribution in [1.82, 2.24) is 0 Å². The minimum atomic E-state index is -0.954. The van der Waals surface area contributed by atoms with E-state index in [1.165, 1.54) is 5.56 Å². The topological polar surface area (TPSA) is 69.6 Å². The Kier molecular flexibility index (Phi) is 4.01. The van der Waals surface area contributed by atoms with Crippen LogP contribution < -0.4 is 10.2 Å². The van der Waals surface area contributed by atoms with Crippen LogP contribution in [0.2, 0.25) is 0 Å². The standard InChI is InChI=1S/C19H20N2O3/c1-11-8-16-17(9-12(11)2)21(18(22)13(3)20-16)10-14-4-6-15(7-5-14)19(23)24/h4-9,13,20H,10H2,1-3H3,(H,23,24). The highest BCUT2D eigenvalue weighted by atomic mass is 16.4. The van der Waals surface area contributed by atoms with E-state index in [-0.39, 0.29) is 17.5 Å². The fraction of sp³-hybridized carbons (Fsp3) is 0.263. The largest absolute Gasteiger partial charge is 0.478 e. The summed E-state index contributed by atoms with van der Waals surface area (Å²) in [6.07, 6.45) is 0. The third-order valence-electron chi connectivity index (χ3n) is 4.45. The molecule has 0 spiro atoms. The Hall–Kier alpha value is -2.82. The van der Waals surface area contributed by atoms with Gasteiger partial charge in [-0.25, -0.2) is 4.79 Å². The lowest BCUT2D eigenvalue weighted by Gasteiger charge is -2.34. The van der Waals surface area contributed by atoms with Crippen LogP contribution in [0, 0.1) is 13.8 Å². The maximum absolute atomic E-state index is 12.6. The van der Waals surface area contributed by atoms with E-state index >= 15 is 0 Å². The summed E-state index contributed by atoms with van der Waals surface area (Å²) in [5.41, 5.74) is 5.26. The van der Waals surface area contributed by atoms with Gasteiger partial charge >= 0.3 is 5.97 Å². The fourth-order valence-electron chi connectivity index (χ4n) is 2.89. The quantitative estimate of drug-likeness (QED) is 0.908. The van der Waals surface area contributed by atoms with E-state index in [9.17, 15) is 9.59 Å². The van der Waals surface area contributed by atoms with Crippen molar-refractivity contribution < 1.29 is 14.7 Å². The molecule has 0 radical (unpaired) electrons. The Morgan fingerprint density at radius 2 is 1.79 bits per heavy atom. The Bertz CT molecular complexity index is 812. The number of fused-ring (bicyclic) bond motifs is 1. The summed E-state index contributed by atoms with van der Waals surface area (Å²) in [6, 6.07) is 10.4. The Labute approximate surface area is 140 Å². The summed E-state index contributed by atoms with van der Waals surface area (Å²) < 4.78 is 0. The van der Waals surface area contributed by atoms with Gasteiger partial charge in [0, 0.05) is 0 Å². The first-order valence-corrected chi connectivity index (χ1v) is 7.88. The predicted molar refractivity (Wildman–Crippen MR) is 93.6 cm³/mol. The number of aromatic carboxylic acids is 1. The molecule has 0 aromatic heterocycles. The molecule has 2 N–H and O–H groups in total. The second kappa shape index (κ2) is 6.00. The maximum atomic E-state index is 12.6. The molecule has 1 aliphatic rings. The van der Waals surface area contributed by atoms with E-state index in [0.29, 0.717) is 6.54 Å². The number of nitrogens with one attached hydrogen (secondary N) is 1. The van der Waals surface area contributed by atoms with Gasteiger partial charge in [0.05, 0.1) is 23.5 Å². The number of hydrogen-bond donors (Lipinski definition) is 2. The molecular formula is C19H20N2O3. The van der Waals surface area contributed by atoms with Crippen LogP contribution in [-0.2, 0) is 11.3 Å². The van der Waals surface area contributed by atoms with Crippen LogP contribution in [0.25, 0.3) is 0 Å². The van der Waals surface area contributed by atoms with Gasteiger partial charge in [0.1, 0.15) is 6.04 Å². The molecule has 0 bridgehead atoms. The number of aryl methyl sites for hydroxylation is 2. The molecule has 1 atom stereocenters. The fourth-order valence-corrected chi connectivity index (χ4v) is 2.89. The molecule has 1 amide bonds. The Morgan fingerprint density at radius 1 is 1.17 bits per heavy atom. The van der Waals surface area contributed by atoms with Gasteiger partial charge in [0.2, 0.25) is 5.91 Å². The first-order valence-electron chi connectivity index (χ1n) is 7.88. The highest BCUT2D eigenvalue weighted by molar-refractivity contribution is 6.04. The second-order valence-electron chi connectivity index (χ2n) is 6.25. The van der Waals surface area contributed by atoms with Crippen LogP contribution in [0.15, 0.2) is 36.4 Å². The molecule has 1 heterocycles. The lowest BCUT2D eigenvalue weighted by molar-refractivity contribution is -0.119. The number of anilines is 2. The lowest BCUT2D eigenvalue weighted by atomic mass is 10.0. The van der Waals surface area contributed by atoms with Crippen molar-refractivity contribution in [2.24, 2.45) is 0 Å². The van der Waals surface area contributed by atoms with Crippen LogP contribution in [-0.4, -0.2) is 23.0 Å². The monoisotopic (exact) mass is 324 g/mol. The molecule has 24 heavy (non-hydrogen) atoms. The molecule has 2 aromatic rings. The van der Waals surface area contributed by atoms with Crippen molar-refractivity contribution >= 4 is 23.3 Å². The van der Waals surface area contributed by atoms with Gasteiger partial charge in [-0.2, -0.15) is 0 Å². The third kappa shape index (κ3) is 2.85. The molecule has 3 rings (SSSR count). The van der Waals surface area contributed by atoms with Gasteiger partial charge in [0.15, 0.2) is 0 Å². The molecule has 5 heteroatoms. The van der Waals surface area contributed by atoms with E-state index < -0.39 is 5.97 Å². The zero-order valence-corrected chi connectivity index (χ0v) is 14.0. The van der Waals surface area contributed by atoms with E-state index in [2.05, 4.69) is 11.4 Å².